The van der Waals surface area contributed by atoms with Crippen molar-refractivity contribution >= 4 is 17.4 Å². The largest absolute Gasteiger partial charge is 0.494 e. The molecule has 0 saturated carbocycles. The molecule has 4 aromatic rings. The number of benzene rings is 2. The van der Waals surface area contributed by atoms with Gasteiger partial charge >= 0.3 is 0 Å². The minimum absolute atomic E-state index is 0.00849. The molecule has 4 rings (SSSR count). The smallest absolute Gasteiger partial charge is 0.269 e. The van der Waals surface area contributed by atoms with Crippen molar-refractivity contribution in [1.29, 1.82) is 0 Å². The van der Waals surface area contributed by atoms with Crippen molar-refractivity contribution < 1.29 is 14.1 Å². The lowest BCUT2D eigenvalue weighted by Gasteiger charge is -2.11. The lowest BCUT2D eigenvalue weighted by Crippen LogP contribution is -2.03. The maximum Gasteiger partial charge on any atom is 0.269 e. The Morgan fingerprint density at radius 2 is 1.94 bits per heavy atom. The summed E-state index contributed by atoms with van der Waals surface area (Å²) >= 11 is 1.35. The van der Waals surface area contributed by atoms with Crippen LogP contribution >= 0.6 is 11.8 Å². The van der Waals surface area contributed by atoms with Crippen LogP contribution in [-0.2, 0) is 0 Å². The Balaban J connectivity index is 1.56. The third kappa shape index (κ3) is 4.23. The van der Waals surface area contributed by atoms with Gasteiger partial charge in [0.2, 0.25) is 16.9 Å². The second-order valence-corrected chi connectivity index (χ2v) is 7.87. The monoisotopic (exact) mass is 439 g/mol. The molecule has 2 aromatic heterocycles. The Kier molecular flexibility index (Phi) is 5.62. The maximum absolute atomic E-state index is 10.8. The third-order valence-corrected chi connectivity index (χ3v) is 5.42. The average Bonchev–Trinajstić information content (AvgIpc) is 3.43. The minimum Gasteiger partial charge on any atom is -0.494 e. The molecular formula is C19H17N7O4S. The number of aryl methyl sites for hydroxylation is 1. The molecule has 0 N–H and O–H groups in total. The predicted octanol–water partition coefficient (Wildman–Crippen LogP) is 3.79. The first kappa shape index (κ1) is 20.5. The van der Waals surface area contributed by atoms with Gasteiger partial charge in [0.15, 0.2) is 0 Å². The lowest BCUT2D eigenvalue weighted by molar-refractivity contribution is -0.384. The number of thioether (sulfide) groups is 1. The van der Waals surface area contributed by atoms with Crippen molar-refractivity contribution in [1.82, 2.24) is 30.4 Å². The van der Waals surface area contributed by atoms with Crippen LogP contribution in [0.4, 0.5) is 5.69 Å². The number of nitrogens with zero attached hydrogens (tertiary/aromatic N) is 7. The van der Waals surface area contributed by atoms with E-state index in [2.05, 4.69) is 25.7 Å². The number of ether oxygens (including phenoxy) is 1. The second-order valence-electron chi connectivity index (χ2n) is 6.56. The Bertz CT molecular complexity index is 1220. The van der Waals surface area contributed by atoms with Crippen molar-refractivity contribution in [2.24, 2.45) is 0 Å². The van der Waals surface area contributed by atoms with Crippen LogP contribution in [-0.4, -0.2) is 42.4 Å². The number of nitro benzene ring substituents is 1. The molecule has 31 heavy (non-hydrogen) atoms. The van der Waals surface area contributed by atoms with E-state index in [1.807, 2.05) is 32.0 Å². The normalized spacial score (nSPS) is 12.0. The molecule has 0 aliphatic carbocycles. The predicted molar refractivity (Wildman–Crippen MR) is 111 cm³/mol. The molecule has 2 heterocycles. The molecule has 0 spiro atoms. The fraction of sp³-hybridized carbons (Fsp3) is 0.211. The van der Waals surface area contributed by atoms with Gasteiger partial charge in [-0.1, -0.05) is 17.8 Å². The Morgan fingerprint density at radius 3 is 2.65 bits per heavy atom. The van der Waals surface area contributed by atoms with Crippen LogP contribution in [0.2, 0.25) is 0 Å². The van der Waals surface area contributed by atoms with Gasteiger partial charge in [-0.15, -0.1) is 15.3 Å². The van der Waals surface area contributed by atoms with E-state index in [1.165, 1.54) is 23.9 Å². The van der Waals surface area contributed by atoms with Crippen LogP contribution in [0.5, 0.6) is 5.75 Å². The number of aromatic nitrogens is 6. The third-order valence-electron chi connectivity index (χ3n) is 4.40. The first-order chi connectivity index (χ1) is 15.0. The zero-order chi connectivity index (χ0) is 22.0. The zero-order valence-electron chi connectivity index (χ0n) is 16.8. The lowest BCUT2D eigenvalue weighted by atomic mass is 10.2. The molecule has 1 atom stereocenters. The maximum atomic E-state index is 10.8. The molecule has 0 aliphatic heterocycles. The summed E-state index contributed by atoms with van der Waals surface area (Å²) in [4.78, 5) is 10.3. The van der Waals surface area contributed by atoms with Crippen molar-refractivity contribution in [2.75, 3.05) is 7.11 Å². The van der Waals surface area contributed by atoms with Gasteiger partial charge in [0.1, 0.15) is 11.4 Å². The van der Waals surface area contributed by atoms with Gasteiger partial charge in [0.05, 0.1) is 17.3 Å². The summed E-state index contributed by atoms with van der Waals surface area (Å²) in [6, 6.07) is 11.7. The standard InChI is InChI=1S/C19H17N7O4S/c1-11-4-9-16(29-3)15(10-11)25-19(22-23-24-25)31-12(2)17-20-21-18(30-17)13-5-7-14(8-6-13)26(27)28/h4-10,12H,1-3H3. The van der Waals surface area contributed by atoms with E-state index >= 15 is 0 Å². The molecule has 0 fully saturated rings. The van der Waals surface area contributed by atoms with Gasteiger partial charge in [0, 0.05) is 17.7 Å². The SMILES string of the molecule is COc1ccc(C)cc1-n1nnnc1SC(C)c1nnc(-c2ccc([N+](=O)[O-])cc2)o1. The van der Waals surface area contributed by atoms with Crippen molar-refractivity contribution in [2.45, 2.75) is 24.3 Å². The summed E-state index contributed by atoms with van der Waals surface area (Å²) in [5.41, 5.74) is 2.35. The quantitative estimate of drug-likeness (QED) is 0.238. The molecule has 158 valence electrons. The summed E-state index contributed by atoms with van der Waals surface area (Å²) in [7, 11) is 1.59. The first-order valence-corrected chi connectivity index (χ1v) is 10.0. The van der Waals surface area contributed by atoms with E-state index < -0.39 is 4.92 Å². The molecular weight excluding hydrogens is 422 g/mol. The van der Waals surface area contributed by atoms with E-state index in [0.717, 1.165) is 11.3 Å². The fourth-order valence-corrected chi connectivity index (χ4v) is 3.65. The van der Waals surface area contributed by atoms with Gasteiger partial charge in [0.25, 0.3) is 5.69 Å². The minimum atomic E-state index is -0.463. The molecule has 2 aromatic carbocycles. The van der Waals surface area contributed by atoms with Crippen molar-refractivity contribution in [3.05, 3.63) is 64.0 Å². The highest BCUT2D eigenvalue weighted by Crippen LogP contribution is 2.36. The number of non-ortho nitro benzene ring substituents is 1. The highest BCUT2D eigenvalue weighted by molar-refractivity contribution is 7.99. The van der Waals surface area contributed by atoms with Crippen molar-refractivity contribution in [3.8, 4) is 22.9 Å². The van der Waals surface area contributed by atoms with E-state index in [4.69, 9.17) is 9.15 Å². The number of methoxy groups -OCH3 is 1. The van der Waals surface area contributed by atoms with Gasteiger partial charge in [-0.2, -0.15) is 4.68 Å². The zero-order valence-corrected chi connectivity index (χ0v) is 17.6. The first-order valence-electron chi connectivity index (χ1n) is 9.14. The van der Waals surface area contributed by atoms with Gasteiger partial charge < -0.3 is 9.15 Å². The summed E-state index contributed by atoms with van der Waals surface area (Å²) in [6.07, 6.45) is 0. The van der Waals surface area contributed by atoms with Crippen LogP contribution in [0.3, 0.4) is 0 Å². The summed E-state index contributed by atoms with van der Waals surface area (Å²) < 4.78 is 12.8. The molecule has 0 radical (unpaired) electrons. The summed E-state index contributed by atoms with van der Waals surface area (Å²) in [6.45, 7) is 3.87. The van der Waals surface area contributed by atoms with Crippen LogP contribution in [0.25, 0.3) is 17.1 Å². The Hall–Kier alpha value is -3.80. The number of nitro groups is 1. The number of hydrogen-bond donors (Lipinski definition) is 0. The van der Waals surface area contributed by atoms with E-state index in [-0.39, 0.29) is 16.8 Å². The van der Waals surface area contributed by atoms with Crippen LogP contribution in [0, 0.1) is 17.0 Å². The van der Waals surface area contributed by atoms with E-state index in [0.29, 0.717) is 22.4 Å². The topological polar surface area (TPSA) is 135 Å². The van der Waals surface area contributed by atoms with E-state index in [1.54, 1.807) is 23.9 Å². The number of hydrogen-bond acceptors (Lipinski definition) is 10. The summed E-state index contributed by atoms with van der Waals surface area (Å²) in [5.74, 6) is 1.30. The van der Waals surface area contributed by atoms with E-state index in [9.17, 15) is 10.1 Å². The van der Waals surface area contributed by atoms with Crippen LogP contribution < -0.4 is 4.74 Å². The fourth-order valence-electron chi connectivity index (χ4n) is 2.82. The van der Waals surface area contributed by atoms with Crippen molar-refractivity contribution in [3.63, 3.8) is 0 Å². The second kappa shape index (κ2) is 8.52. The molecule has 11 nitrogen and oxygen atoms in total. The Labute approximate surface area is 180 Å². The molecule has 12 heteroatoms. The molecule has 0 saturated heterocycles. The van der Waals surface area contributed by atoms with Gasteiger partial charge in [-0.25, -0.2) is 0 Å². The number of rotatable bonds is 7. The van der Waals surface area contributed by atoms with Crippen LogP contribution in [0.1, 0.15) is 23.6 Å². The molecule has 1 unspecified atom stereocenters. The Morgan fingerprint density at radius 1 is 1.16 bits per heavy atom. The number of tetrazole rings is 1. The molecule has 0 amide bonds. The van der Waals surface area contributed by atoms with Gasteiger partial charge in [-0.3, -0.25) is 10.1 Å². The molecule has 0 bridgehead atoms. The highest BCUT2D eigenvalue weighted by Gasteiger charge is 2.21. The average molecular weight is 439 g/mol. The highest BCUT2D eigenvalue weighted by atomic mass is 32.2. The molecule has 0 aliphatic rings. The van der Waals surface area contributed by atoms with Crippen LogP contribution in [0.15, 0.2) is 52.0 Å². The van der Waals surface area contributed by atoms with Gasteiger partial charge in [-0.05, 0) is 54.1 Å². The summed E-state index contributed by atoms with van der Waals surface area (Å²) in [5, 5.41) is 31.2.